The zero-order chi connectivity index (χ0) is 34.6. The maximum atomic E-state index is 13.5. The van der Waals surface area contributed by atoms with Crippen molar-refractivity contribution in [2.45, 2.75) is 6.92 Å². The third-order valence-corrected chi connectivity index (χ3v) is 7.50. The number of aromatic nitrogens is 2. The second-order valence-corrected chi connectivity index (χ2v) is 11.6. The average Bonchev–Trinajstić information content (AvgIpc) is 3.42. The third-order valence-electron chi connectivity index (χ3n) is 7.27. The number of anilines is 2. The quantitative estimate of drug-likeness (QED) is 0.239. The smallest absolute Gasteiger partial charge is 0.268 e. The minimum absolute atomic E-state index is 0.0678. The molecule has 254 valence electrons. The SMILES string of the molecule is CN1C=C(NC=O)C=C(C(=O)Nc2cc(C(=O)NCCN3CCOCC3)n(C)c2)C1.Cc1ccc(NC(=O)c2ccc(Cl)cc2F)nc1. The molecule has 5 rings (SSSR count). The van der Waals surface area contributed by atoms with Gasteiger partial charge in [-0.05, 0) is 48.9 Å². The number of aryl methyl sites for hydroxylation is 2. The van der Waals surface area contributed by atoms with Crippen LogP contribution in [0, 0.1) is 12.7 Å². The monoisotopic (exact) mass is 680 g/mol. The predicted octanol–water partition coefficient (Wildman–Crippen LogP) is 2.92. The van der Waals surface area contributed by atoms with Crippen molar-refractivity contribution in [1.29, 1.82) is 0 Å². The lowest BCUT2D eigenvalue weighted by molar-refractivity contribution is -0.113. The van der Waals surface area contributed by atoms with Crippen LogP contribution >= 0.6 is 11.6 Å². The number of halogens is 2. The summed E-state index contributed by atoms with van der Waals surface area (Å²) >= 11 is 5.62. The van der Waals surface area contributed by atoms with Gasteiger partial charge in [-0.1, -0.05) is 17.7 Å². The Labute approximate surface area is 282 Å². The van der Waals surface area contributed by atoms with E-state index in [4.69, 9.17) is 16.3 Å². The Bertz CT molecular complexity index is 1690. The largest absolute Gasteiger partial charge is 0.379 e. The Morgan fingerprint density at radius 2 is 1.81 bits per heavy atom. The molecule has 13 nitrogen and oxygen atoms in total. The molecular weight excluding hydrogens is 643 g/mol. The van der Waals surface area contributed by atoms with Gasteiger partial charge in [0.1, 0.15) is 17.3 Å². The lowest BCUT2D eigenvalue weighted by atomic mass is 10.1. The number of rotatable bonds is 10. The summed E-state index contributed by atoms with van der Waals surface area (Å²) in [6.07, 6.45) is 7.26. The number of allylic oxidation sites excluding steroid dienone is 1. The molecule has 0 spiro atoms. The van der Waals surface area contributed by atoms with Gasteiger partial charge in [-0.15, -0.1) is 0 Å². The van der Waals surface area contributed by atoms with E-state index < -0.39 is 11.7 Å². The molecule has 0 unspecified atom stereocenters. The minimum Gasteiger partial charge on any atom is -0.379 e. The topological polar surface area (TPSA) is 150 Å². The summed E-state index contributed by atoms with van der Waals surface area (Å²) in [6.45, 7) is 6.82. The fraction of sp³-hybridized carbons (Fsp3) is 0.303. The van der Waals surface area contributed by atoms with E-state index in [1.807, 2.05) is 14.0 Å². The molecular formula is C33H38ClFN8O5. The number of carbonyl (C=O) groups excluding carboxylic acids is 4. The number of amides is 4. The van der Waals surface area contributed by atoms with Gasteiger partial charge < -0.3 is 35.5 Å². The molecule has 4 heterocycles. The van der Waals surface area contributed by atoms with Crippen molar-refractivity contribution in [3.8, 4) is 0 Å². The summed E-state index contributed by atoms with van der Waals surface area (Å²) in [7, 11) is 3.57. The van der Waals surface area contributed by atoms with Crippen molar-refractivity contribution in [2.75, 3.05) is 63.6 Å². The highest BCUT2D eigenvalue weighted by atomic mass is 35.5. The maximum absolute atomic E-state index is 13.5. The first-order valence-corrected chi connectivity index (χ1v) is 15.5. The Balaban J connectivity index is 0.000000246. The molecule has 2 aliphatic rings. The fourth-order valence-corrected chi connectivity index (χ4v) is 4.98. The van der Waals surface area contributed by atoms with Gasteiger partial charge in [-0.3, -0.25) is 24.1 Å². The van der Waals surface area contributed by atoms with Crippen LogP contribution in [-0.4, -0.2) is 96.5 Å². The Morgan fingerprint density at radius 1 is 1.04 bits per heavy atom. The van der Waals surface area contributed by atoms with E-state index >= 15 is 0 Å². The van der Waals surface area contributed by atoms with Crippen LogP contribution in [0.25, 0.3) is 0 Å². The predicted molar refractivity (Wildman–Crippen MR) is 180 cm³/mol. The molecule has 0 radical (unpaired) electrons. The number of likely N-dealkylation sites (N-methyl/N-ethyl adjacent to an activating group) is 1. The summed E-state index contributed by atoms with van der Waals surface area (Å²) in [4.78, 5) is 55.7. The molecule has 48 heavy (non-hydrogen) atoms. The zero-order valence-corrected chi connectivity index (χ0v) is 27.6. The summed E-state index contributed by atoms with van der Waals surface area (Å²) in [5.74, 6) is -1.32. The van der Waals surface area contributed by atoms with E-state index in [1.165, 1.54) is 12.1 Å². The summed E-state index contributed by atoms with van der Waals surface area (Å²) in [5, 5.41) is 11.0. The molecule has 15 heteroatoms. The number of ether oxygens (including phenoxy) is 1. The number of morpholine rings is 1. The van der Waals surface area contributed by atoms with Crippen LogP contribution in [0.4, 0.5) is 15.9 Å². The average molecular weight is 681 g/mol. The van der Waals surface area contributed by atoms with Gasteiger partial charge in [-0.2, -0.15) is 0 Å². The van der Waals surface area contributed by atoms with Crippen LogP contribution in [-0.2, 0) is 21.4 Å². The van der Waals surface area contributed by atoms with Gasteiger partial charge in [-0.25, -0.2) is 9.37 Å². The first-order valence-electron chi connectivity index (χ1n) is 15.1. The molecule has 1 fully saturated rings. The van der Waals surface area contributed by atoms with Crippen LogP contribution in [0.15, 0.2) is 72.3 Å². The van der Waals surface area contributed by atoms with Crippen LogP contribution < -0.4 is 21.3 Å². The Hall–Kier alpha value is -5.05. The Kier molecular flexibility index (Phi) is 12.8. The van der Waals surface area contributed by atoms with Crippen molar-refractivity contribution < 1.29 is 28.3 Å². The molecule has 0 aliphatic carbocycles. The number of benzene rings is 1. The molecule has 0 saturated carbocycles. The fourth-order valence-electron chi connectivity index (χ4n) is 4.82. The van der Waals surface area contributed by atoms with E-state index in [9.17, 15) is 23.6 Å². The normalized spacial score (nSPS) is 14.5. The standard InChI is InChI=1S/C20H28N6O4.C13H10ClFN2O/c1-24-11-15(9-16(12-24)22-14-27)19(28)23-17-10-18(25(2)13-17)20(29)21-3-4-26-5-7-30-8-6-26;1-8-2-5-12(16-7-8)17-13(18)10-4-3-9(14)6-11(10)15/h9-10,12-14H,3-8,11H2,1-2H3,(H,21,29)(H,22,27)(H,23,28);2-7H,1H3,(H,16,17,18). The van der Waals surface area contributed by atoms with Gasteiger partial charge in [0.05, 0.1) is 30.2 Å². The van der Waals surface area contributed by atoms with Crippen LogP contribution in [0.3, 0.4) is 0 Å². The lowest BCUT2D eigenvalue weighted by Gasteiger charge is -2.26. The molecule has 1 saturated heterocycles. The van der Waals surface area contributed by atoms with Gasteiger partial charge in [0, 0.05) is 76.0 Å². The van der Waals surface area contributed by atoms with Gasteiger partial charge >= 0.3 is 0 Å². The van der Waals surface area contributed by atoms with Crippen molar-refractivity contribution in [3.05, 3.63) is 100.0 Å². The van der Waals surface area contributed by atoms with Crippen molar-refractivity contribution in [2.24, 2.45) is 7.05 Å². The first-order chi connectivity index (χ1) is 23.0. The number of nitrogens with zero attached hydrogens (tertiary/aromatic N) is 4. The second kappa shape index (κ2) is 17.2. The number of nitrogens with one attached hydrogen (secondary N) is 4. The molecule has 2 aromatic heterocycles. The number of hydrogen-bond acceptors (Lipinski definition) is 8. The van der Waals surface area contributed by atoms with Crippen molar-refractivity contribution in [3.63, 3.8) is 0 Å². The third kappa shape index (κ3) is 10.5. The van der Waals surface area contributed by atoms with Crippen LogP contribution in [0.1, 0.15) is 26.4 Å². The lowest BCUT2D eigenvalue weighted by Crippen LogP contribution is -2.41. The van der Waals surface area contributed by atoms with Crippen LogP contribution in [0.5, 0.6) is 0 Å². The van der Waals surface area contributed by atoms with Crippen molar-refractivity contribution in [1.82, 2.24) is 30.0 Å². The molecule has 4 amide bonds. The van der Waals surface area contributed by atoms with Crippen molar-refractivity contribution >= 4 is 47.2 Å². The second-order valence-electron chi connectivity index (χ2n) is 11.1. The van der Waals surface area contributed by atoms with E-state index in [2.05, 4.69) is 31.2 Å². The summed E-state index contributed by atoms with van der Waals surface area (Å²) in [6, 6.07) is 9.00. The summed E-state index contributed by atoms with van der Waals surface area (Å²) in [5.41, 5.74) is 2.95. The number of pyridine rings is 1. The minimum atomic E-state index is -0.660. The van der Waals surface area contributed by atoms with Crippen LogP contribution in [0.2, 0.25) is 5.02 Å². The maximum Gasteiger partial charge on any atom is 0.268 e. The molecule has 0 bridgehead atoms. The van der Waals surface area contributed by atoms with E-state index in [-0.39, 0.29) is 22.4 Å². The number of hydrogen-bond donors (Lipinski definition) is 4. The molecule has 2 aliphatic heterocycles. The van der Waals surface area contributed by atoms with Gasteiger partial charge in [0.15, 0.2) is 0 Å². The molecule has 1 aromatic carbocycles. The van der Waals surface area contributed by atoms with Gasteiger partial charge in [0.2, 0.25) is 6.41 Å². The highest BCUT2D eigenvalue weighted by Gasteiger charge is 2.19. The first kappa shape index (κ1) is 35.8. The van der Waals surface area contributed by atoms with E-state index in [0.29, 0.717) is 48.0 Å². The van der Waals surface area contributed by atoms with E-state index in [0.717, 1.165) is 44.5 Å². The Morgan fingerprint density at radius 3 is 2.50 bits per heavy atom. The van der Waals surface area contributed by atoms with Gasteiger partial charge in [0.25, 0.3) is 17.7 Å². The van der Waals surface area contributed by atoms with E-state index in [1.54, 1.807) is 59.4 Å². The zero-order valence-electron chi connectivity index (χ0n) is 26.9. The summed E-state index contributed by atoms with van der Waals surface area (Å²) < 4.78 is 20.5. The molecule has 4 N–H and O–H groups in total. The highest BCUT2D eigenvalue weighted by molar-refractivity contribution is 6.30. The molecule has 0 atom stereocenters. The molecule has 3 aromatic rings. The highest BCUT2D eigenvalue weighted by Crippen LogP contribution is 2.18. The number of carbonyl (C=O) groups is 4.